The Morgan fingerprint density at radius 2 is 1.17 bits per heavy atom. The van der Waals surface area contributed by atoms with Gasteiger partial charge in [-0.3, -0.25) is 0 Å². The highest BCUT2D eigenvalue weighted by Gasteiger charge is 2.61. The minimum atomic E-state index is -0.422. The van der Waals surface area contributed by atoms with Gasteiger partial charge in [0.2, 0.25) is 0 Å². The number of ether oxygens (including phenoxy) is 5. The standard InChI is InChI=1S/C19H30O5/c1-2-6-10-18(9-5-1)20-13-14-15(22-18)16-17(21-14)24-19(23-16)11-7-3-4-8-12-19/h14-17H,1-13H2/t14-,15-,16+,17+/m1/s1. The van der Waals surface area contributed by atoms with Crippen LogP contribution in [0.15, 0.2) is 0 Å². The first-order valence-corrected chi connectivity index (χ1v) is 10.1. The lowest BCUT2D eigenvalue weighted by atomic mass is 10.0. The van der Waals surface area contributed by atoms with E-state index in [-0.39, 0.29) is 24.6 Å². The maximum absolute atomic E-state index is 6.55. The van der Waals surface area contributed by atoms with Gasteiger partial charge in [-0.05, 0) is 25.7 Å². The summed E-state index contributed by atoms with van der Waals surface area (Å²) in [6, 6.07) is 0. The van der Waals surface area contributed by atoms with Crippen LogP contribution in [-0.4, -0.2) is 42.8 Å². The Balaban J connectivity index is 1.32. The quantitative estimate of drug-likeness (QED) is 0.675. The summed E-state index contributed by atoms with van der Waals surface area (Å²) in [4.78, 5) is 0. The summed E-state index contributed by atoms with van der Waals surface area (Å²) in [6.45, 7) is 0.609. The molecule has 5 fully saturated rings. The van der Waals surface area contributed by atoms with Gasteiger partial charge < -0.3 is 23.7 Å². The van der Waals surface area contributed by atoms with E-state index in [4.69, 9.17) is 23.7 Å². The molecular weight excluding hydrogens is 308 g/mol. The van der Waals surface area contributed by atoms with Crippen LogP contribution in [0.2, 0.25) is 0 Å². The van der Waals surface area contributed by atoms with Crippen molar-refractivity contribution in [1.29, 1.82) is 0 Å². The third-order valence-electron chi connectivity index (χ3n) is 6.54. The van der Waals surface area contributed by atoms with E-state index in [1.54, 1.807) is 0 Å². The molecular formula is C19H30O5. The van der Waals surface area contributed by atoms with E-state index in [0.717, 1.165) is 25.7 Å². The summed E-state index contributed by atoms with van der Waals surface area (Å²) in [7, 11) is 0. The van der Waals surface area contributed by atoms with E-state index in [2.05, 4.69) is 0 Å². The SMILES string of the molecule is C1CCCC2(CC1)O[C@@H]1O[C@@H]3COC4(CCCCCC4)O[C@H]3[C@@H]1O2. The van der Waals surface area contributed by atoms with Crippen molar-refractivity contribution >= 4 is 0 Å². The number of hydrogen-bond acceptors (Lipinski definition) is 5. The molecule has 0 bridgehead atoms. The average molecular weight is 338 g/mol. The summed E-state index contributed by atoms with van der Waals surface area (Å²) in [6.07, 6.45) is 13.4. The Kier molecular flexibility index (Phi) is 4.14. The molecule has 5 heteroatoms. The Morgan fingerprint density at radius 1 is 0.583 bits per heavy atom. The molecule has 0 radical (unpaired) electrons. The first-order chi connectivity index (χ1) is 11.8. The number of fused-ring (bicyclic) bond motifs is 3. The maximum atomic E-state index is 6.55. The predicted molar refractivity (Wildman–Crippen MR) is 86.3 cm³/mol. The summed E-state index contributed by atoms with van der Waals surface area (Å²) in [5.74, 6) is -0.826. The molecule has 5 rings (SSSR count). The average Bonchev–Trinajstić information content (AvgIpc) is 2.86. The van der Waals surface area contributed by atoms with Crippen LogP contribution in [0.3, 0.4) is 0 Å². The summed E-state index contributed by atoms with van der Waals surface area (Å²) in [5, 5.41) is 0. The van der Waals surface area contributed by atoms with Gasteiger partial charge in [0, 0.05) is 25.7 Å². The minimum Gasteiger partial charge on any atom is -0.347 e. The van der Waals surface area contributed by atoms with Crippen molar-refractivity contribution in [3.8, 4) is 0 Å². The monoisotopic (exact) mass is 338 g/mol. The van der Waals surface area contributed by atoms with E-state index >= 15 is 0 Å². The molecule has 0 N–H and O–H groups in total. The van der Waals surface area contributed by atoms with Crippen molar-refractivity contribution in [3.63, 3.8) is 0 Å². The first kappa shape index (κ1) is 16.0. The molecule has 2 saturated carbocycles. The van der Waals surface area contributed by atoms with Gasteiger partial charge in [0.25, 0.3) is 0 Å². The Morgan fingerprint density at radius 3 is 1.83 bits per heavy atom. The van der Waals surface area contributed by atoms with Gasteiger partial charge in [0.15, 0.2) is 17.9 Å². The van der Waals surface area contributed by atoms with Crippen molar-refractivity contribution in [2.45, 2.75) is 113 Å². The Bertz CT molecular complexity index is 451. The molecule has 4 atom stereocenters. The smallest absolute Gasteiger partial charge is 0.190 e. The Labute approximate surface area is 144 Å². The van der Waals surface area contributed by atoms with Gasteiger partial charge in [0.1, 0.15) is 18.3 Å². The van der Waals surface area contributed by atoms with Crippen molar-refractivity contribution < 1.29 is 23.7 Å². The molecule has 3 aliphatic heterocycles. The van der Waals surface area contributed by atoms with Crippen LogP contribution in [0.5, 0.6) is 0 Å². The van der Waals surface area contributed by atoms with E-state index in [1.807, 2.05) is 0 Å². The van der Waals surface area contributed by atoms with Crippen molar-refractivity contribution in [2.24, 2.45) is 0 Å². The third-order valence-corrected chi connectivity index (χ3v) is 6.54. The summed E-state index contributed by atoms with van der Waals surface area (Å²) in [5.41, 5.74) is 0. The van der Waals surface area contributed by atoms with Crippen LogP contribution >= 0.6 is 0 Å². The van der Waals surface area contributed by atoms with E-state index in [0.29, 0.717) is 6.61 Å². The molecule has 3 saturated heterocycles. The predicted octanol–water partition coefficient (Wildman–Crippen LogP) is 3.64. The molecule has 136 valence electrons. The van der Waals surface area contributed by atoms with Gasteiger partial charge in [-0.25, -0.2) is 0 Å². The first-order valence-electron chi connectivity index (χ1n) is 10.1. The van der Waals surface area contributed by atoms with Crippen LogP contribution in [0.25, 0.3) is 0 Å². The number of rotatable bonds is 0. The van der Waals surface area contributed by atoms with Crippen molar-refractivity contribution in [3.05, 3.63) is 0 Å². The molecule has 0 aromatic rings. The van der Waals surface area contributed by atoms with E-state index in [1.165, 1.54) is 51.4 Å². The zero-order chi connectivity index (χ0) is 16.0. The molecule has 0 amide bonds. The van der Waals surface area contributed by atoms with Gasteiger partial charge >= 0.3 is 0 Å². The zero-order valence-corrected chi connectivity index (χ0v) is 14.5. The molecule has 5 aliphatic rings. The Hall–Kier alpha value is -0.200. The van der Waals surface area contributed by atoms with Crippen LogP contribution in [0, 0.1) is 0 Å². The fraction of sp³-hybridized carbons (Fsp3) is 1.00. The second kappa shape index (κ2) is 6.20. The second-order valence-electron chi connectivity index (χ2n) is 8.29. The lowest BCUT2D eigenvalue weighted by Crippen LogP contribution is -2.53. The normalized spacial score (nSPS) is 44.0. The minimum absolute atomic E-state index is 0.0375. The van der Waals surface area contributed by atoms with E-state index < -0.39 is 11.6 Å². The maximum Gasteiger partial charge on any atom is 0.190 e. The molecule has 5 nitrogen and oxygen atoms in total. The largest absolute Gasteiger partial charge is 0.347 e. The second-order valence-corrected chi connectivity index (χ2v) is 8.29. The fourth-order valence-electron chi connectivity index (χ4n) is 5.22. The van der Waals surface area contributed by atoms with Crippen LogP contribution < -0.4 is 0 Å². The van der Waals surface area contributed by atoms with Crippen LogP contribution in [-0.2, 0) is 23.7 Å². The zero-order valence-electron chi connectivity index (χ0n) is 14.5. The van der Waals surface area contributed by atoms with Gasteiger partial charge in [-0.15, -0.1) is 0 Å². The molecule has 2 spiro atoms. The topological polar surface area (TPSA) is 46.2 Å². The molecule has 0 aromatic heterocycles. The van der Waals surface area contributed by atoms with Gasteiger partial charge in [-0.1, -0.05) is 25.7 Å². The van der Waals surface area contributed by atoms with Gasteiger partial charge in [0.05, 0.1) is 6.61 Å². The molecule has 0 unspecified atom stereocenters. The lowest BCUT2D eigenvalue weighted by Gasteiger charge is -2.43. The van der Waals surface area contributed by atoms with Gasteiger partial charge in [-0.2, -0.15) is 0 Å². The van der Waals surface area contributed by atoms with Crippen molar-refractivity contribution in [2.75, 3.05) is 6.61 Å². The third kappa shape index (κ3) is 2.73. The molecule has 0 aromatic carbocycles. The van der Waals surface area contributed by atoms with Crippen LogP contribution in [0.1, 0.15) is 77.0 Å². The lowest BCUT2D eigenvalue weighted by molar-refractivity contribution is -0.339. The highest BCUT2D eigenvalue weighted by atomic mass is 16.9. The highest BCUT2D eigenvalue weighted by molar-refractivity contribution is 4.99. The molecule has 3 heterocycles. The summed E-state index contributed by atoms with van der Waals surface area (Å²) >= 11 is 0. The highest BCUT2D eigenvalue weighted by Crippen LogP contribution is 2.48. The van der Waals surface area contributed by atoms with Crippen molar-refractivity contribution in [1.82, 2.24) is 0 Å². The number of hydrogen-bond donors (Lipinski definition) is 0. The fourth-order valence-corrected chi connectivity index (χ4v) is 5.22. The van der Waals surface area contributed by atoms with Crippen LogP contribution in [0.4, 0.5) is 0 Å². The summed E-state index contributed by atoms with van der Waals surface area (Å²) < 4.78 is 31.6. The van der Waals surface area contributed by atoms with E-state index in [9.17, 15) is 0 Å². The molecule has 2 aliphatic carbocycles. The molecule has 24 heavy (non-hydrogen) atoms.